The van der Waals surface area contributed by atoms with Crippen molar-refractivity contribution >= 4 is 35.1 Å². The molecule has 4 rings (SSSR count). The Morgan fingerprint density at radius 2 is 1.97 bits per heavy atom. The Morgan fingerprint density at radius 1 is 1.17 bits per heavy atom. The van der Waals surface area contributed by atoms with Gasteiger partial charge in [-0.3, -0.25) is 14.5 Å². The Balaban J connectivity index is 1.45. The third-order valence-electron chi connectivity index (χ3n) is 4.40. The SMILES string of the molecule is O=C(Nc1cccc(CN2C(=O)CNC2=O)c1)c1cnn(-c2ccc(Cl)cc2)c1. The lowest BCUT2D eigenvalue weighted by molar-refractivity contribution is -0.125. The van der Waals surface area contributed by atoms with Crippen molar-refractivity contribution in [1.82, 2.24) is 20.0 Å². The van der Waals surface area contributed by atoms with Crippen LogP contribution in [0.3, 0.4) is 0 Å². The molecule has 0 radical (unpaired) electrons. The van der Waals surface area contributed by atoms with Crippen molar-refractivity contribution in [3.05, 3.63) is 77.1 Å². The molecule has 2 heterocycles. The first-order valence-corrected chi connectivity index (χ1v) is 9.16. The van der Waals surface area contributed by atoms with Crippen LogP contribution in [0.1, 0.15) is 15.9 Å². The number of hydrogen-bond donors (Lipinski definition) is 2. The van der Waals surface area contributed by atoms with E-state index in [1.807, 2.05) is 0 Å². The fraction of sp³-hybridized carbons (Fsp3) is 0.100. The van der Waals surface area contributed by atoms with Gasteiger partial charge in [0.1, 0.15) is 0 Å². The van der Waals surface area contributed by atoms with E-state index in [-0.39, 0.29) is 24.9 Å². The van der Waals surface area contributed by atoms with Gasteiger partial charge in [-0.15, -0.1) is 0 Å². The van der Waals surface area contributed by atoms with E-state index in [1.54, 1.807) is 59.4 Å². The molecule has 1 aliphatic rings. The molecule has 2 aromatic carbocycles. The number of urea groups is 1. The van der Waals surface area contributed by atoms with Gasteiger partial charge in [0.05, 0.1) is 30.5 Å². The minimum Gasteiger partial charge on any atom is -0.329 e. The number of nitrogens with one attached hydrogen (secondary N) is 2. The highest BCUT2D eigenvalue weighted by Crippen LogP contribution is 2.17. The molecule has 0 bridgehead atoms. The molecule has 2 N–H and O–H groups in total. The van der Waals surface area contributed by atoms with Gasteiger partial charge in [0.2, 0.25) is 5.91 Å². The predicted molar refractivity (Wildman–Crippen MR) is 107 cm³/mol. The Labute approximate surface area is 171 Å². The topological polar surface area (TPSA) is 96.3 Å². The predicted octanol–water partition coefficient (Wildman–Crippen LogP) is 2.83. The summed E-state index contributed by atoms with van der Waals surface area (Å²) in [6, 6.07) is 13.7. The highest BCUT2D eigenvalue weighted by atomic mass is 35.5. The minimum absolute atomic E-state index is 0.00681. The highest BCUT2D eigenvalue weighted by Gasteiger charge is 2.28. The minimum atomic E-state index is -0.418. The van der Waals surface area contributed by atoms with Gasteiger partial charge in [0, 0.05) is 16.9 Å². The van der Waals surface area contributed by atoms with Gasteiger partial charge >= 0.3 is 6.03 Å². The number of rotatable bonds is 5. The maximum absolute atomic E-state index is 12.6. The second-order valence-corrected chi connectivity index (χ2v) is 6.88. The van der Waals surface area contributed by atoms with Crippen LogP contribution in [-0.2, 0) is 11.3 Å². The van der Waals surface area contributed by atoms with Crippen LogP contribution in [0.2, 0.25) is 5.02 Å². The molecule has 1 aliphatic heterocycles. The molecule has 4 amide bonds. The quantitative estimate of drug-likeness (QED) is 0.633. The van der Waals surface area contributed by atoms with Gasteiger partial charge in [-0.05, 0) is 42.0 Å². The lowest BCUT2D eigenvalue weighted by Gasteiger charge is -2.13. The number of carbonyl (C=O) groups is 3. The summed E-state index contributed by atoms with van der Waals surface area (Å²) >= 11 is 5.89. The fourth-order valence-electron chi connectivity index (χ4n) is 2.92. The summed E-state index contributed by atoms with van der Waals surface area (Å²) < 4.78 is 1.58. The summed E-state index contributed by atoms with van der Waals surface area (Å²) in [5, 5.41) is 10.1. The maximum atomic E-state index is 12.6. The molecule has 0 aliphatic carbocycles. The number of carbonyl (C=O) groups excluding carboxylic acids is 3. The zero-order valence-corrected chi connectivity index (χ0v) is 15.9. The molecule has 146 valence electrons. The fourth-order valence-corrected chi connectivity index (χ4v) is 3.05. The molecule has 0 saturated carbocycles. The Kier molecular flexibility index (Phi) is 5.01. The van der Waals surface area contributed by atoms with E-state index in [2.05, 4.69) is 15.7 Å². The molecule has 8 nitrogen and oxygen atoms in total. The van der Waals surface area contributed by atoms with Crippen LogP contribution >= 0.6 is 11.6 Å². The van der Waals surface area contributed by atoms with Crippen LogP contribution < -0.4 is 10.6 Å². The molecule has 1 saturated heterocycles. The number of halogens is 1. The van der Waals surface area contributed by atoms with Gasteiger partial charge in [-0.1, -0.05) is 23.7 Å². The monoisotopic (exact) mass is 409 g/mol. The van der Waals surface area contributed by atoms with E-state index in [0.717, 1.165) is 16.2 Å². The second kappa shape index (κ2) is 7.76. The van der Waals surface area contributed by atoms with Crippen molar-refractivity contribution < 1.29 is 14.4 Å². The molecular formula is C20H16ClN5O3. The first-order valence-electron chi connectivity index (χ1n) is 8.79. The summed E-state index contributed by atoms with van der Waals surface area (Å²) in [6.45, 7) is 0.149. The zero-order valence-electron chi connectivity index (χ0n) is 15.1. The van der Waals surface area contributed by atoms with Gasteiger partial charge in [0.15, 0.2) is 0 Å². The summed E-state index contributed by atoms with van der Waals surface area (Å²) in [5.74, 6) is -0.601. The molecule has 0 spiro atoms. The average Bonchev–Trinajstić information content (AvgIpc) is 3.32. The first-order chi connectivity index (χ1) is 14.0. The number of amides is 4. The van der Waals surface area contributed by atoms with Crippen molar-refractivity contribution in [2.75, 3.05) is 11.9 Å². The van der Waals surface area contributed by atoms with Crippen molar-refractivity contribution in [2.24, 2.45) is 0 Å². The lowest BCUT2D eigenvalue weighted by atomic mass is 10.2. The van der Waals surface area contributed by atoms with Crippen LogP contribution in [0.5, 0.6) is 0 Å². The Hall–Kier alpha value is -3.65. The summed E-state index contributed by atoms with van der Waals surface area (Å²) in [4.78, 5) is 37.1. The van der Waals surface area contributed by atoms with Crippen molar-refractivity contribution in [1.29, 1.82) is 0 Å². The van der Waals surface area contributed by atoms with Crippen LogP contribution in [0, 0.1) is 0 Å². The molecule has 3 aromatic rings. The third-order valence-corrected chi connectivity index (χ3v) is 4.65. The average molecular weight is 410 g/mol. The molecule has 9 heteroatoms. The van der Waals surface area contributed by atoms with Gasteiger partial charge in [0.25, 0.3) is 5.91 Å². The summed E-state index contributed by atoms with van der Waals surface area (Å²) in [5.41, 5.74) is 2.45. The summed E-state index contributed by atoms with van der Waals surface area (Å²) in [6.07, 6.45) is 3.09. The van der Waals surface area contributed by atoms with Crippen molar-refractivity contribution in [2.45, 2.75) is 6.54 Å². The zero-order chi connectivity index (χ0) is 20.4. The van der Waals surface area contributed by atoms with E-state index < -0.39 is 6.03 Å². The normalized spacial score (nSPS) is 13.5. The largest absolute Gasteiger partial charge is 0.329 e. The van der Waals surface area contributed by atoms with E-state index in [1.165, 1.54) is 6.20 Å². The number of aromatic nitrogens is 2. The van der Waals surface area contributed by atoms with Gasteiger partial charge in [-0.2, -0.15) is 5.10 Å². The molecule has 1 fully saturated rings. The molecule has 29 heavy (non-hydrogen) atoms. The standard InChI is InChI=1S/C20H16ClN5O3/c21-15-4-6-17(7-5-15)26-12-14(9-23-26)19(28)24-16-3-1-2-13(8-16)11-25-18(27)10-22-20(25)29/h1-9,12H,10-11H2,(H,22,29)(H,24,28). The highest BCUT2D eigenvalue weighted by molar-refractivity contribution is 6.30. The number of anilines is 1. The van der Waals surface area contributed by atoms with Crippen LogP contribution in [0.25, 0.3) is 5.69 Å². The Morgan fingerprint density at radius 3 is 2.69 bits per heavy atom. The number of nitrogens with zero attached hydrogens (tertiary/aromatic N) is 3. The van der Waals surface area contributed by atoms with Gasteiger partial charge < -0.3 is 10.6 Å². The van der Waals surface area contributed by atoms with E-state index in [9.17, 15) is 14.4 Å². The van der Waals surface area contributed by atoms with Crippen LogP contribution in [-0.4, -0.2) is 39.1 Å². The molecule has 0 atom stereocenters. The number of hydrogen-bond acceptors (Lipinski definition) is 4. The van der Waals surface area contributed by atoms with E-state index >= 15 is 0 Å². The van der Waals surface area contributed by atoms with Crippen LogP contribution in [0.15, 0.2) is 60.9 Å². The smallest absolute Gasteiger partial charge is 0.324 e. The molecular weight excluding hydrogens is 394 g/mol. The van der Waals surface area contributed by atoms with Crippen molar-refractivity contribution in [3.8, 4) is 5.69 Å². The van der Waals surface area contributed by atoms with Crippen LogP contribution in [0.4, 0.5) is 10.5 Å². The lowest BCUT2D eigenvalue weighted by Crippen LogP contribution is -2.30. The first kappa shape index (κ1) is 18.7. The van der Waals surface area contributed by atoms with Crippen molar-refractivity contribution in [3.63, 3.8) is 0 Å². The van der Waals surface area contributed by atoms with E-state index in [4.69, 9.17) is 11.6 Å². The second-order valence-electron chi connectivity index (χ2n) is 6.44. The Bertz CT molecular complexity index is 1080. The molecule has 1 aromatic heterocycles. The third kappa shape index (κ3) is 4.12. The van der Waals surface area contributed by atoms with Gasteiger partial charge in [-0.25, -0.2) is 9.48 Å². The number of imide groups is 1. The number of benzene rings is 2. The maximum Gasteiger partial charge on any atom is 0.324 e. The summed E-state index contributed by atoms with van der Waals surface area (Å²) in [7, 11) is 0. The molecule has 0 unspecified atom stereocenters. The van der Waals surface area contributed by atoms with E-state index in [0.29, 0.717) is 16.3 Å².